The monoisotopic (exact) mass is 198 g/mol. The predicted molar refractivity (Wildman–Crippen MR) is 62.7 cm³/mol. The van der Waals surface area contributed by atoms with Gasteiger partial charge in [0.2, 0.25) is 0 Å². The van der Waals surface area contributed by atoms with Gasteiger partial charge in [-0.15, -0.1) is 0 Å². The fourth-order valence-electron chi connectivity index (χ4n) is 2.28. The van der Waals surface area contributed by atoms with Crippen LogP contribution >= 0.6 is 0 Å². The smallest absolute Gasteiger partial charge is 0.0194 e. The second-order valence-electron chi connectivity index (χ2n) is 4.62. The van der Waals surface area contributed by atoms with Crippen molar-refractivity contribution in [3.63, 3.8) is 0 Å². The van der Waals surface area contributed by atoms with Crippen LogP contribution in [0.25, 0.3) is 0 Å². The molecular weight excluding hydrogens is 172 g/mol. The summed E-state index contributed by atoms with van der Waals surface area (Å²) in [6.45, 7) is 5.94. The first-order valence-electron chi connectivity index (χ1n) is 6.25. The number of likely N-dealkylation sites (N-methyl/N-ethyl adjacent to an activating group) is 1. The molecule has 84 valence electrons. The van der Waals surface area contributed by atoms with Crippen LogP contribution in [0.15, 0.2) is 0 Å². The van der Waals surface area contributed by atoms with Gasteiger partial charge in [0, 0.05) is 12.6 Å². The van der Waals surface area contributed by atoms with Crippen molar-refractivity contribution in [1.29, 1.82) is 0 Å². The van der Waals surface area contributed by atoms with E-state index in [0.717, 1.165) is 6.04 Å². The molecule has 0 aromatic rings. The highest BCUT2D eigenvalue weighted by Crippen LogP contribution is 2.10. The molecule has 1 N–H and O–H groups in total. The number of nitrogens with one attached hydrogen (secondary N) is 1. The number of hydrogen-bond acceptors (Lipinski definition) is 2. The molecule has 0 aromatic carbocycles. The van der Waals surface area contributed by atoms with E-state index < -0.39 is 0 Å². The van der Waals surface area contributed by atoms with Crippen molar-refractivity contribution in [3.05, 3.63) is 0 Å². The quantitative estimate of drug-likeness (QED) is 0.745. The van der Waals surface area contributed by atoms with E-state index in [-0.39, 0.29) is 0 Å². The predicted octanol–water partition coefficient (Wildman–Crippen LogP) is 2.25. The van der Waals surface area contributed by atoms with Gasteiger partial charge in [-0.3, -0.25) is 0 Å². The summed E-state index contributed by atoms with van der Waals surface area (Å²) in [7, 11) is 2.24. The third kappa shape index (κ3) is 4.97. The Labute approximate surface area is 89.1 Å². The minimum atomic E-state index is 0.742. The van der Waals surface area contributed by atoms with Gasteiger partial charge in [-0.05, 0) is 39.4 Å². The Balaban J connectivity index is 2.19. The molecule has 1 atom stereocenters. The van der Waals surface area contributed by atoms with Crippen LogP contribution in [-0.4, -0.2) is 37.6 Å². The van der Waals surface area contributed by atoms with Crippen molar-refractivity contribution in [1.82, 2.24) is 10.2 Å². The highest BCUT2D eigenvalue weighted by atomic mass is 15.1. The third-order valence-corrected chi connectivity index (χ3v) is 3.05. The molecule has 1 heterocycles. The van der Waals surface area contributed by atoms with Crippen LogP contribution < -0.4 is 5.32 Å². The molecule has 1 unspecified atom stereocenters. The standard InChI is InChI=1S/C12H26N2/c1-3-10-14(2)11-12-8-6-4-5-7-9-13-12/h12-13H,3-11H2,1-2H3. The van der Waals surface area contributed by atoms with Crippen molar-refractivity contribution in [2.24, 2.45) is 0 Å². The molecule has 0 saturated carbocycles. The van der Waals surface area contributed by atoms with Crippen LogP contribution in [0, 0.1) is 0 Å². The summed E-state index contributed by atoms with van der Waals surface area (Å²) in [6.07, 6.45) is 8.28. The summed E-state index contributed by atoms with van der Waals surface area (Å²) in [5, 5.41) is 3.67. The van der Waals surface area contributed by atoms with Gasteiger partial charge in [0.1, 0.15) is 0 Å². The second kappa shape index (κ2) is 7.24. The van der Waals surface area contributed by atoms with Crippen LogP contribution in [0.4, 0.5) is 0 Å². The van der Waals surface area contributed by atoms with E-state index in [4.69, 9.17) is 0 Å². The van der Waals surface area contributed by atoms with Crippen LogP contribution in [0.5, 0.6) is 0 Å². The minimum absolute atomic E-state index is 0.742. The van der Waals surface area contributed by atoms with E-state index in [1.54, 1.807) is 0 Å². The lowest BCUT2D eigenvalue weighted by Gasteiger charge is -2.26. The van der Waals surface area contributed by atoms with Crippen molar-refractivity contribution >= 4 is 0 Å². The average molecular weight is 198 g/mol. The molecule has 1 aliphatic heterocycles. The normalized spacial score (nSPS) is 24.6. The number of nitrogens with zero attached hydrogens (tertiary/aromatic N) is 1. The molecule has 1 saturated heterocycles. The topological polar surface area (TPSA) is 15.3 Å². The van der Waals surface area contributed by atoms with Crippen molar-refractivity contribution in [2.75, 3.05) is 26.7 Å². The fraction of sp³-hybridized carbons (Fsp3) is 1.00. The molecule has 1 fully saturated rings. The lowest BCUT2D eigenvalue weighted by atomic mass is 10.0. The molecule has 0 bridgehead atoms. The molecule has 0 amide bonds. The highest BCUT2D eigenvalue weighted by molar-refractivity contribution is 4.72. The lowest BCUT2D eigenvalue weighted by molar-refractivity contribution is 0.271. The minimum Gasteiger partial charge on any atom is -0.313 e. The Morgan fingerprint density at radius 3 is 2.79 bits per heavy atom. The first-order chi connectivity index (χ1) is 6.83. The summed E-state index contributed by atoms with van der Waals surface area (Å²) in [5.41, 5.74) is 0. The van der Waals surface area contributed by atoms with Gasteiger partial charge in [0.05, 0.1) is 0 Å². The summed E-state index contributed by atoms with van der Waals surface area (Å²) in [6, 6.07) is 0.742. The molecular formula is C12H26N2. The summed E-state index contributed by atoms with van der Waals surface area (Å²) < 4.78 is 0. The van der Waals surface area contributed by atoms with Gasteiger partial charge in [0.25, 0.3) is 0 Å². The molecule has 2 nitrogen and oxygen atoms in total. The maximum atomic E-state index is 3.67. The Morgan fingerprint density at radius 2 is 2.00 bits per heavy atom. The molecule has 14 heavy (non-hydrogen) atoms. The molecule has 1 rings (SSSR count). The third-order valence-electron chi connectivity index (χ3n) is 3.05. The SMILES string of the molecule is CCCN(C)CC1CCCCCCN1. The first kappa shape index (κ1) is 12.0. The Kier molecular flexibility index (Phi) is 6.20. The lowest BCUT2D eigenvalue weighted by Crippen LogP contribution is -2.40. The van der Waals surface area contributed by atoms with E-state index in [1.807, 2.05) is 0 Å². The summed E-state index contributed by atoms with van der Waals surface area (Å²) in [5.74, 6) is 0. The number of rotatable bonds is 4. The van der Waals surface area contributed by atoms with E-state index >= 15 is 0 Å². The molecule has 0 aromatic heterocycles. The maximum Gasteiger partial charge on any atom is 0.0194 e. The van der Waals surface area contributed by atoms with Crippen molar-refractivity contribution in [3.8, 4) is 0 Å². The zero-order chi connectivity index (χ0) is 10.2. The largest absolute Gasteiger partial charge is 0.313 e. The maximum absolute atomic E-state index is 3.67. The molecule has 1 aliphatic rings. The van der Waals surface area contributed by atoms with Crippen molar-refractivity contribution in [2.45, 2.75) is 51.5 Å². The van der Waals surface area contributed by atoms with E-state index in [9.17, 15) is 0 Å². The van der Waals surface area contributed by atoms with Crippen LogP contribution in [0.1, 0.15) is 45.4 Å². The molecule has 0 aliphatic carbocycles. The summed E-state index contributed by atoms with van der Waals surface area (Å²) >= 11 is 0. The molecule has 0 radical (unpaired) electrons. The zero-order valence-electron chi connectivity index (χ0n) is 9.89. The first-order valence-corrected chi connectivity index (χ1v) is 6.25. The van der Waals surface area contributed by atoms with Crippen LogP contribution in [0.2, 0.25) is 0 Å². The second-order valence-corrected chi connectivity index (χ2v) is 4.62. The van der Waals surface area contributed by atoms with E-state index in [0.29, 0.717) is 0 Å². The molecule has 2 heteroatoms. The van der Waals surface area contributed by atoms with Gasteiger partial charge in [0.15, 0.2) is 0 Å². The van der Waals surface area contributed by atoms with Gasteiger partial charge in [-0.2, -0.15) is 0 Å². The number of hydrogen-bond donors (Lipinski definition) is 1. The Hall–Kier alpha value is -0.0800. The summed E-state index contributed by atoms with van der Waals surface area (Å²) in [4.78, 5) is 2.46. The van der Waals surface area contributed by atoms with Gasteiger partial charge >= 0.3 is 0 Å². The fourth-order valence-corrected chi connectivity index (χ4v) is 2.28. The van der Waals surface area contributed by atoms with E-state index in [1.165, 1.54) is 58.2 Å². The Morgan fingerprint density at radius 1 is 1.21 bits per heavy atom. The van der Waals surface area contributed by atoms with Gasteiger partial charge < -0.3 is 10.2 Å². The van der Waals surface area contributed by atoms with Crippen LogP contribution in [-0.2, 0) is 0 Å². The zero-order valence-corrected chi connectivity index (χ0v) is 9.89. The highest BCUT2D eigenvalue weighted by Gasteiger charge is 2.11. The Bertz CT molecular complexity index is 128. The molecule has 0 spiro atoms. The van der Waals surface area contributed by atoms with Crippen LogP contribution in [0.3, 0.4) is 0 Å². The van der Waals surface area contributed by atoms with Crippen molar-refractivity contribution < 1.29 is 0 Å². The van der Waals surface area contributed by atoms with E-state index in [2.05, 4.69) is 24.2 Å². The average Bonchev–Trinajstić information content (AvgIpc) is 2.10. The van der Waals surface area contributed by atoms with Gasteiger partial charge in [-0.1, -0.05) is 26.2 Å². The van der Waals surface area contributed by atoms with Gasteiger partial charge in [-0.25, -0.2) is 0 Å².